The van der Waals surface area contributed by atoms with Crippen molar-refractivity contribution in [2.75, 3.05) is 13.7 Å². The molecule has 0 heterocycles. The van der Waals surface area contributed by atoms with E-state index in [1.54, 1.807) is 13.8 Å². The van der Waals surface area contributed by atoms with Crippen molar-refractivity contribution in [2.45, 2.75) is 64.1 Å². The molecule has 4 heteroatoms. The fourth-order valence-electron chi connectivity index (χ4n) is 2.29. The molecule has 2 unspecified atom stereocenters. The molecule has 0 aromatic carbocycles. The third-order valence-electron chi connectivity index (χ3n) is 3.81. The summed E-state index contributed by atoms with van der Waals surface area (Å²) in [6.07, 6.45) is 4.49. The van der Waals surface area contributed by atoms with Crippen molar-refractivity contribution in [3.05, 3.63) is 0 Å². The topological polar surface area (TPSA) is 55.6 Å². The highest BCUT2D eigenvalue weighted by atomic mass is 16.5. The van der Waals surface area contributed by atoms with E-state index in [9.17, 15) is 4.79 Å². The van der Waals surface area contributed by atoms with Gasteiger partial charge in [-0.15, -0.1) is 0 Å². The van der Waals surface area contributed by atoms with Crippen LogP contribution in [0, 0.1) is 0 Å². The van der Waals surface area contributed by atoms with Gasteiger partial charge in [-0.05, 0) is 47.1 Å². The molecule has 1 rings (SSSR count). The first-order chi connectivity index (χ1) is 7.88. The number of hydrogen-bond acceptors (Lipinski definition) is 4. The van der Waals surface area contributed by atoms with Gasteiger partial charge in [0.15, 0.2) is 0 Å². The van der Waals surface area contributed by atoms with Gasteiger partial charge >= 0.3 is 5.97 Å². The molecule has 0 radical (unpaired) electrons. The summed E-state index contributed by atoms with van der Waals surface area (Å²) in [6.45, 7) is 6.08. The molecule has 100 valence electrons. The summed E-state index contributed by atoms with van der Waals surface area (Å²) in [5.41, 5.74) is 5.16. The lowest BCUT2D eigenvalue weighted by atomic mass is 9.88. The van der Waals surface area contributed by atoms with Crippen LogP contribution in [0.4, 0.5) is 0 Å². The van der Waals surface area contributed by atoms with Crippen molar-refractivity contribution >= 4 is 5.97 Å². The molecule has 0 aromatic heterocycles. The zero-order valence-electron chi connectivity index (χ0n) is 11.5. The number of carbonyl (C=O) groups is 1. The van der Waals surface area contributed by atoms with Gasteiger partial charge in [0.05, 0.1) is 6.61 Å². The average molecular weight is 242 g/mol. The van der Waals surface area contributed by atoms with Crippen LogP contribution in [0.1, 0.15) is 46.5 Å². The second-order valence-electron chi connectivity index (χ2n) is 5.44. The van der Waals surface area contributed by atoms with Gasteiger partial charge in [-0.1, -0.05) is 6.42 Å². The molecule has 0 bridgehead atoms. The lowest BCUT2D eigenvalue weighted by molar-refractivity contribution is -0.149. The van der Waals surface area contributed by atoms with Crippen LogP contribution in [-0.4, -0.2) is 42.1 Å². The lowest BCUT2D eigenvalue weighted by Gasteiger charge is -2.40. The number of esters is 1. The third-order valence-corrected chi connectivity index (χ3v) is 3.81. The Morgan fingerprint density at radius 3 is 2.59 bits per heavy atom. The van der Waals surface area contributed by atoms with Crippen molar-refractivity contribution in [3.8, 4) is 0 Å². The van der Waals surface area contributed by atoms with Crippen molar-refractivity contribution < 1.29 is 9.53 Å². The number of ether oxygens (including phenoxy) is 1. The maximum atomic E-state index is 11.7. The summed E-state index contributed by atoms with van der Waals surface area (Å²) in [5.74, 6) is -0.297. The highest BCUT2D eigenvalue weighted by molar-refractivity contribution is 5.80. The number of hydrogen-bond donors (Lipinski definition) is 1. The highest BCUT2D eigenvalue weighted by Crippen LogP contribution is 2.27. The minimum Gasteiger partial charge on any atom is -0.465 e. The summed E-state index contributed by atoms with van der Waals surface area (Å²) in [5, 5.41) is 0. The summed E-state index contributed by atoms with van der Waals surface area (Å²) < 4.78 is 5.01. The lowest BCUT2D eigenvalue weighted by Crippen LogP contribution is -2.52. The van der Waals surface area contributed by atoms with Crippen LogP contribution in [-0.2, 0) is 9.53 Å². The molecule has 1 saturated carbocycles. The Morgan fingerprint density at radius 2 is 2.18 bits per heavy atom. The van der Waals surface area contributed by atoms with Crippen LogP contribution in [0.3, 0.4) is 0 Å². The van der Waals surface area contributed by atoms with Gasteiger partial charge in [0.25, 0.3) is 0 Å². The number of nitrogens with two attached hydrogens (primary N) is 1. The Morgan fingerprint density at radius 1 is 1.59 bits per heavy atom. The molecule has 0 saturated heterocycles. The minimum atomic E-state index is -0.882. The molecular formula is C13H26N2O2. The standard InChI is InChI=1S/C13H26N2O2/c1-5-17-12(16)13(3,14)9-10(2)15(4)11-7-6-8-11/h10-11H,5-9,14H2,1-4H3. The molecular weight excluding hydrogens is 216 g/mol. The van der Waals surface area contributed by atoms with E-state index < -0.39 is 5.54 Å². The van der Waals surface area contributed by atoms with Gasteiger partial charge in [-0.3, -0.25) is 4.79 Å². The highest BCUT2D eigenvalue weighted by Gasteiger charge is 2.35. The summed E-state index contributed by atoms with van der Waals surface area (Å²) in [7, 11) is 2.12. The van der Waals surface area contributed by atoms with Crippen LogP contribution >= 0.6 is 0 Å². The monoisotopic (exact) mass is 242 g/mol. The molecule has 4 nitrogen and oxygen atoms in total. The first-order valence-corrected chi connectivity index (χ1v) is 6.56. The maximum absolute atomic E-state index is 11.7. The molecule has 0 amide bonds. The van der Waals surface area contributed by atoms with Crippen LogP contribution in [0.5, 0.6) is 0 Å². The maximum Gasteiger partial charge on any atom is 0.325 e. The molecule has 1 aliphatic carbocycles. The van der Waals surface area contributed by atoms with Gasteiger partial charge in [0.1, 0.15) is 5.54 Å². The molecule has 0 aliphatic heterocycles. The van der Waals surface area contributed by atoms with Gasteiger partial charge in [-0.2, -0.15) is 0 Å². The first kappa shape index (κ1) is 14.5. The van der Waals surface area contributed by atoms with Gasteiger partial charge < -0.3 is 15.4 Å². The fourth-order valence-corrected chi connectivity index (χ4v) is 2.29. The zero-order chi connectivity index (χ0) is 13.1. The second kappa shape index (κ2) is 5.83. The Hall–Kier alpha value is -0.610. The number of nitrogens with zero attached hydrogens (tertiary/aromatic N) is 1. The van der Waals surface area contributed by atoms with E-state index in [4.69, 9.17) is 10.5 Å². The smallest absolute Gasteiger partial charge is 0.325 e. The van der Waals surface area contributed by atoms with Gasteiger partial charge in [-0.25, -0.2) is 0 Å². The largest absolute Gasteiger partial charge is 0.465 e. The Bertz CT molecular complexity index is 262. The van der Waals surface area contributed by atoms with E-state index in [1.807, 2.05) is 0 Å². The van der Waals surface area contributed by atoms with E-state index >= 15 is 0 Å². The molecule has 17 heavy (non-hydrogen) atoms. The first-order valence-electron chi connectivity index (χ1n) is 6.56. The second-order valence-corrected chi connectivity index (χ2v) is 5.44. The molecule has 2 N–H and O–H groups in total. The SMILES string of the molecule is CCOC(=O)C(C)(N)CC(C)N(C)C1CCC1. The van der Waals surface area contributed by atoms with Crippen molar-refractivity contribution in [3.63, 3.8) is 0 Å². The normalized spacial score (nSPS) is 21.8. The van der Waals surface area contributed by atoms with Gasteiger partial charge in [0.2, 0.25) is 0 Å². The van der Waals surface area contributed by atoms with Crippen molar-refractivity contribution in [1.29, 1.82) is 0 Å². The van der Waals surface area contributed by atoms with Crippen molar-refractivity contribution in [2.24, 2.45) is 5.73 Å². The summed E-state index contributed by atoms with van der Waals surface area (Å²) >= 11 is 0. The fraction of sp³-hybridized carbons (Fsp3) is 0.923. The van der Waals surface area contributed by atoms with E-state index in [-0.39, 0.29) is 5.97 Å². The molecule has 2 atom stereocenters. The number of carbonyl (C=O) groups excluding carboxylic acids is 1. The van der Waals surface area contributed by atoms with E-state index in [0.29, 0.717) is 25.1 Å². The quantitative estimate of drug-likeness (QED) is 0.718. The van der Waals surface area contributed by atoms with E-state index in [0.717, 1.165) is 0 Å². The third kappa shape index (κ3) is 3.68. The average Bonchev–Trinajstić information content (AvgIpc) is 2.14. The van der Waals surface area contributed by atoms with Crippen molar-refractivity contribution in [1.82, 2.24) is 4.90 Å². The Kier molecular flexibility index (Phi) is 4.95. The van der Waals surface area contributed by atoms with Crippen LogP contribution in [0.15, 0.2) is 0 Å². The predicted molar refractivity (Wildman–Crippen MR) is 68.7 cm³/mol. The van der Waals surface area contributed by atoms with Gasteiger partial charge in [0, 0.05) is 12.1 Å². The molecule has 1 aliphatic rings. The number of rotatable bonds is 6. The zero-order valence-corrected chi connectivity index (χ0v) is 11.5. The Labute approximate surface area is 104 Å². The van der Waals surface area contributed by atoms with E-state index in [2.05, 4.69) is 18.9 Å². The summed E-state index contributed by atoms with van der Waals surface area (Å²) in [6, 6.07) is 0.975. The molecule has 1 fully saturated rings. The Balaban J connectivity index is 2.47. The minimum absolute atomic E-state index is 0.297. The van der Waals surface area contributed by atoms with Crippen LogP contribution < -0.4 is 5.73 Å². The molecule has 0 aromatic rings. The van der Waals surface area contributed by atoms with Crippen LogP contribution in [0.25, 0.3) is 0 Å². The van der Waals surface area contributed by atoms with E-state index in [1.165, 1.54) is 19.3 Å². The predicted octanol–water partition coefficient (Wildman–Crippen LogP) is 1.53. The molecule has 0 spiro atoms. The van der Waals surface area contributed by atoms with Crippen LogP contribution in [0.2, 0.25) is 0 Å². The summed E-state index contributed by atoms with van der Waals surface area (Å²) in [4.78, 5) is 14.1.